The largest absolute Gasteiger partial charge is 0.0996 e. The van der Waals surface area contributed by atoms with E-state index >= 15 is 0 Å². The minimum atomic E-state index is 0.834. The minimum Gasteiger partial charge on any atom is -0.0996 e. The van der Waals surface area contributed by atoms with Gasteiger partial charge >= 0.3 is 0 Å². The Labute approximate surface area is 89.8 Å². The Kier molecular flexibility index (Phi) is 4.71. The fraction of sp³-hybridized carbons (Fsp3) is 0.857. The third-order valence-electron chi connectivity index (χ3n) is 3.71. The van der Waals surface area contributed by atoms with E-state index in [0.29, 0.717) is 0 Å². The van der Waals surface area contributed by atoms with Crippen LogP contribution in [-0.2, 0) is 0 Å². The van der Waals surface area contributed by atoms with Gasteiger partial charge in [0, 0.05) is 0 Å². The molecule has 0 radical (unpaired) electrons. The van der Waals surface area contributed by atoms with Gasteiger partial charge in [0.2, 0.25) is 0 Å². The van der Waals surface area contributed by atoms with Crippen molar-refractivity contribution < 1.29 is 0 Å². The summed E-state index contributed by atoms with van der Waals surface area (Å²) < 4.78 is 0. The summed E-state index contributed by atoms with van der Waals surface area (Å²) in [4.78, 5) is 0. The van der Waals surface area contributed by atoms with E-state index < -0.39 is 0 Å². The third kappa shape index (κ3) is 3.48. The van der Waals surface area contributed by atoms with E-state index in [-0.39, 0.29) is 0 Å². The molecule has 0 aliphatic heterocycles. The minimum absolute atomic E-state index is 0.834. The quantitative estimate of drug-likeness (QED) is 0.564. The second-order valence-electron chi connectivity index (χ2n) is 5.38. The van der Waals surface area contributed by atoms with Crippen molar-refractivity contribution in [3.63, 3.8) is 0 Å². The van der Waals surface area contributed by atoms with Crippen LogP contribution in [0.25, 0.3) is 0 Å². The second-order valence-corrected chi connectivity index (χ2v) is 5.38. The zero-order valence-electron chi connectivity index (χ0n) is 10.2. The molecule has 0 aromatic rings. The lowest BCUT2D eigenvalue weighted by Crippen LogP contribution is -2.17. The van der Waals surface area contributed by atoms with Crippen LogP contribution in [0, 0.1) is 17.8 Å². The normalized spacial score (nSPS) is 28.4. The van der Waals surface area contributed by atoms with Gasteiger partial charge in [-0.05, 0) is 43.4 Å². The number of allylic oxidation sites excluding steroid dienone is 1. The standard InChI is InChI=1S/C14H26/c1-5-14-10-13(8-6-11(2)3)9-7-12(14)4/h11,13-14H,4-10H2,1-3H3. The summed E-state index contributed by atoms with van der Waals surface area (Å²) in [7, 11) is 0. The summed E-state index contributed by atoms with van der Waals surface area (Å²) in [5, 5.41) is 0. The molecular formula is C14H26. The van der Waals surface area contributed by atoms with E-state index in [0.717, 1.165) is 17.8 Å². The molecular weight excluding hydrogens is 168 g/mol. The van der Waals surface area contributed by atoms with Crippen LogP contribution in [-0.4, -0.2) is 0 Å². The van der Waals surface area contributed by atoms with E-state index in [1.807, 2.05) is 0 Å². The zero-order valence-corrected chi connectivity index (χ0v) is 10.2. The maximum atomic E-state index is 4.20. The predicted molar refractivity (Wildman–Crippen MR) is 64.3 cm³/mol. The molecule has 1 aliphatic carbocycles. The van der Waals surface area contributed by atoms with Gasteiger partial charge in [-0.3, -0.25) is 0 Å². The van der Waals surface area contributed by atoms with Crippen LogP contribution in [0.5, 0.6) is 0 Å². The molecule has 0 aromatic carbocycles. The first-order chi connectivity index (χ1) is 6.63. The van der Waals surface area contributed by atoms with E-state index in [2.05, 4.69) is 27.4 Å². The van der Waals surface area contributed by atoms with Crippen LogP contribution in [0.1, 0.15) is 59.3 Å². The molecule has 14 heavy (non-hydrogen) atoms. The summed E-state index contributed by atoms with van der Waals surface area (Å²) in [6, 6.07) is 0. The SMILES string of the molecule is C=C1CCC(CCC(C)C)CC1CC. The Morgan fingerprint density at radius 2 is 2.14 bits per heavy atom. The van der Waals surface area contributed by atoms with Crippen LogP contribution < -0.4 is 0 Å². The van der Waals surface area contributed by atoms with Crippen LogP contribution in [0.2, 0.25) is 0 Å². The highest BCUT2D eigenvalue weighted by Crippen LogP contribution is 2.36. The number of hydrogen-bond donors (Lipinski definition) is 0. The molecule has 0 N–H and O–H groups in total. The predicted octanol–water partition coefficient (Wildman–Crippen LogP) is 4.81. The van der Waals surface area contributed by atoms with Gasteiger partial charge in [0.05, 0.1) is 0 Å². The first kappa shape index (κ1) is 11.8. The molecule has 2 unspecified atom stereocenters. The Morgan fingerprint density at radius 1 is 1.43 bits per heavy atom. The number of hydrogen-bond acceptors (Lipinski definition) is 0. The average Bonchev–Trinajstić information content (AvgIpc) is 2.16. The lowest BCUT2D eigenvalue weighted by atomic mass is 9.75. The van der Waals surface area contributed by atoms with Gasteiger partial charge in [-0.25, -0.2) is 0 Å². The Morgan fingerprint density at radius 3 is 2.71 bits per heavy atom. The lowest BCUT2D eigenvalue weighted by molar-refractivity contribution is 0.293. The molecule has 0 saturated heterocycles. The summed E-state index contributed by atoms with van der Waals surface area (Å²) >= 11 is 0. The summed E-state index contributed by atoms with van der Waals surface area (Å²) in [5.41, 5.74) is 1.52. The van der Waals surface area contributed by atoms with Crippen molar-refractivity contribution in [2.75, 3.05) is 0 Å². The van der Waals surface area contributed by atoms with Gasteiger partial charge in [-0.1, -0.05) is 45.8 Å². The second kappa shape index (κ2) is 5.58. The van der Waals surface area contributed by atoms with Crippen molar-refractivity contribution in [2.24, 2.45) is 17.8 Å². The molecule has 0 aromatic heterocycles. The third-order valence-corrected chi connectivity index (χ3v) is 3.71. The molecule has 1 aliphatic rings. The molecule has 0 bridgehead atoms. The van der Waals surface area contributed by atoms with Crippen molar-refractivity contribution in [3.05, 3.63) is 12.2 Å². The van der Waals surface area contributed by atoms with Gasteiger partial charge < -0.3 is 0 Å². The topological polar surface area (TPSA) is 0 Å². The van der Waals surface area contributed by atoms with E-state index in [1.165, 1.54) is 44.1 Å². The van der Waals surface area contributed by atoms with Gasteiger partial charge in [-0.15, -0.1) is 0 Å². The molecule has 1 saturated carbocycles. The molecule has 2 atom stereocenters. The van der Waals surface area contributed by atoms with Gasteiger partial charge in [0.1, 0.15) is 0 Å². The van der Waals surface area contributed by atoms with Crippen molar-refractivity contribution in [1.29, 1.82) is 0 Å². The fourth-order valence-corrected chi connectivity index (χ4v) is 2.57. The summed E-state index contributed by atoms with van der Waals surface area (Å²) in [6.07, 6.45) is 8.28. The molecule has 0 heterocycles. The first-order valence-electron chi connectivity index (χ1n) is 6.31. The van der Waals surface area contributed by atoms with E-state index in [9.17, 15) is 0 Å². The Hall–Kier alpha value is -0.260. The maximum Gasteiger partial charge on any atom is -0.0206 e. The maximum absolute atomic E-state index is 4.20. The van der Waals surface area contributed by atoms with Gasteiger partial charge in [0.25, 0.3) is 0 Å². The average molecular weight is 194 g/mol. The van der Waals surface area contributed by atoms with Crippen molar-refractivity contribution in [2.45, 2.75) is 59.3 Å². The molecule has 1 rings (SSSR count). The monoisotopic (exact) mass is 194 g/mol. The highest BCUT2D eigenvalue weighted by atomic mass is 14.3. The van der Waals surface area contributed by atoms with Crippen molar-refractivity contribution in [1.82, 2.24) is 0 Å². The Bertz CT molecular complexity index is 178. The van der Waals surface area contributed by atoms with E-state index in [1.54, 1.807) is 0 Å². The smallest absolute Gasteiger partial charge is 0.0206 e. The van der Waals surface area contributed by atoms with Crippen LogP contribution in [0.3, 0.4) is 0 Å². The van der Waals surface area contributed by atoms with Crippen LogP contribution >= 0.6 is 0 Å². The number of rotatable bonds is 4. The molecule has 1 fully saturated rings. The lowest BCUT2D eigenvalue weighted by Gasteiger charge is -2.30. The summed E-state index contributed by atoms with van der Waals surface area (Å²) in [5.74, 6) is 2.70. The molecule has 0 spiro atoms. The molecule has 82 valence electrons. The molecule has 0 amide bonds. The zero-order chi connectivity index (χ0) is 10.6. The van der Waals surface area contributed by atoms with Crippen molar-refractivity contribution >= 4 is 0 Å². The fourth-order valence-electron chi connectivity index (χ4n) is 2.57. The van der Waals surface area contributed by atoms with Crippen LogP contribution in [0.15, 0.2) is 12.2 Å². The first-order valence-corrected chi connectivity index (χ1v) is 6.31. The van der Waals surface area contributed by atoms with Gasteiger partial charge in [-0.2, -0.15) is 0 Å². The van der Waals surface area contributed by atoms with Crippen molar-refractivity contribution in [3.8, 4) is 0 Å². The molecule has 0 heteroatoms. The molecule has 0 nitrogen and oxygen atoms in total. The Balaban J connectivity index is 2.31. The highest BCUT2D eigenvalue weighted by Gasteiger charge is 2.23. The van der Waals surface area contributed by atoms with Crippen LogP contribution in [0.4, 0.5) is 0 Å². The van der Waals surface area contributed by atoms with E-state index in [4.69, 9.17) is 0 Å². The highest BCUT2D eigenvalue weighted by molar-refractivity contribution is 5.04. The van der Waals surface area contributed by atoms with Gasteiger partial charge in [0.15, 0.2) is 0 Å². The summed E-state index contributed by atoms with van der Waals surface area (Å²) in [6.45, 7) is 11.2.